The van der Waals surface area contributed by atoms with E-state index in [2.05, 4.69) is 58.4 Å². The van der Waals surface area contributed by atoms with Gasteiger partial charge in [-0.05, 0) is 26.3 Å². The lowest BCUT2D eigenvalue weighted by Gasteiger charge is -2.20. The molecule has 0 atom stereocenters. The highest BCUT2D eigenvalue weighted by atomic mass is 15.2. The van der Waals surface area contributed by atoms with Gasteiger partial charge in [0.1, 0.15) is 5.82 Å². The molecule has 0 aliphatic heterocycles. The third-order valence-corrected chi connectivity index (χ3v) is 3.18. The lowest BCUT2D eigenvalue weighted by Crippen LogP contribution is -2.20. The number of nitrogens with zero attached hydrogens (tertiary/aromatic N) is 3. The molecule has 0 aliphatic carbocycles. The van der Waals surface area contributed by atoms with Crippen molar-refractivity contribution in [2.24, 2.45) is 0 Å². The SMILES string of the molecule is CCNc1ncc(C)c(N(C)Cc2ccc(C)cc2)n1. The number of aryl methyl sites for hydroxylation is 2. The Balaban J connectivity index is 2.17. The van der Waals surface area contributed by atoms with Gasteiger partial charge in [-0.1, -0.05) is 29.8 Å². The van der Waals surface area contributed by atoms with E-state index in [4.69, 9.17) is 0 Å². The van der Waals surface area contributed by atoms with Crippen molar-refractivity contribution < 1.29 is 0 Å². The summed E-state index contributed by atoms with van der Waals surface area (Å²) in [5.74, 6) is 1.65. The Morgan fingerprint density at radius 2 is 1.85 bits per heavy atom. The number of benzene rings is 1. The molecule has 0 spiro atoms. The summed E-state index contributed by atoms with van der Waals surface area (Å²) < 4.78 is 0. The maximum atomic E-state index is 4.58. The summed E-state index contributed by atoms with van der Waals surface area (Å²) in [7, 11) is 2.06. The molecule has 0 saturated carbocycles. The van der Waals surface area contributed by atoms with E-state index in [-0.39, 0.29) is 0 Å². The molecule has 0 radical (unpaired) electrons. The Morgan fingerprint density at radius 1 is 1.15 bits per heavy atom. The van der Waals surface area contributed by atoms with Crippen LogP contribution in [0.4, 0.5) is 11.8 Å². The maximum Gasteiger partial charge on any atom is 0.224 e. The van der Waals surface area contributed by atoms with Crippen LogP contribution in [0.3, 0.4) is 0 Å². The molecule has 1 heterocycles. The van der Waals surface area contributed by atoms with Crippen molar-refractivity contribution in [1.29, 1.82) is 0 Å². The van der Waals surface area contributed by atoms with Gasteiger partial charge in [-0.2, -0.15) is 4.98 Å². The molecule has 20 heavy (non-hydrogen) atoms. The van der Waals surface area contributed by atoms with Gasteiger partial charge in [0.05, 0.1) is 0 Å². The van der Waals surface area contributed by atoms with Crippen molar-refractivity contribution in [2.45, 2.75) is 27.3 Å². The Bertz CT molecular complexity index is 563. The molecule has 0 unspecified atom stereocenters. The normalized spacial score (nSPS) is 10.4. The number of aromatic nitrogens is 2. The molecule has 2 aromatic rings. The molecule has 0 aliphatic rings. The fraction of sp³-hybridized carbons (Fsp3) is 0.375. The van der Waals surface area contributed by atoms with Crippen molar-refractivity contribution in [2.75, 3.05) is 23.8 Å². The zero-order chi connectivity index (χ0) is 14.5. The van der Waals surface area contributed by atoms with Crippen LogP contribution >= 0.6 is 0 Å². The Kier molecular flexibility index (Phi) is 4.56. The lowest BCUT2D eigenvalue weighted by atomic mass is 10.1. The highest BCUT2D eigenvalue weighted by molar-refractivity contribution is 5.48. The molecule has 106 valence electrons. The largest absolute Gasteiger partial charge is 0.355 e. The fourth-order valence-corrected chi connectivity index (χ4v) is 2.10. The first kappa shape index (κ1) is 14.3. The molecule has 0 saturated heterocycles. The quantitative estimate of drug-likeness (QED) is 0.906. The van der Waals surface area contributed by atoms with Crippen LogP contribution in [-0.2, 0) is 6.54 Å². The molecule has 1 aromatic carbocycles. The highest BCUT2D eigenvalue weighted by Crippen LogP contribution is 2.19. The molecule has 1 N–H and O–H groups in total. The summed E-state index contributed by atoms with van der Waals surface area (Å²) >= 11 is 0. The summed E-state index contributed by atoms with van der Waals surface area (Å²) in [5, 5.41) is 3.15. The molecule has 2 rings (SSSR count). The Hall–Kier alpha value is -2.10. The van der Waals surface area contributed by atoms with Gasteiger partial charge in [0, 0.05) is 31.9 Å². The molecule has 4 heteroatoms. The van der Waals surface area contributed by atoms with Gasteiger partial charge in [0.15, 0.2) is 0 Å². The summed E-state index contributed by atoms with van der Waals surface area (Å²) in [6, 6.07) is 8.60. The Labute approximate surface area is 120 Å². The molecule has 0 fully saturated rings. The summed E-state index contributed by atoms with van der Waals surface area (Å²) in [6.45, 7) is 7.84. The maximum absolute atomic E-state index is 4.58. The second-order valence-corrected chi connectivity index (χ2v) is 5.07. The van der Waals surface area contributed by atoms with Crippen LogP contribution in [0.2, 0.25) is 0 Å². The highest BCUT2D eigenvalue weighted by Gasteiger charge is 2.09. The number of hydrogen-bond donors (Lipinski definition) is 1. The number of nitrogens with one attached hydrogen (secondary N) is 1. The first-order valence-electron chi connectivity index (χ1n) is 6.94. The van der Waals surface area contributed by atoms with E-state index < -0.39 is 0 Å². The molecular weight excluding hydrogens is 248 g/mol. The predicted octanol–water partition coefficient (Wildman–Crippen LogP) is 3.16. The zero-order valence-electron chi connectivity index (χ0n) is 12.6. The molecule has 1 aromatic heterocycles. The number of rotatable bonds is 5. The first-order chi connectivity index (χ1) is 9.60. The van der Waals surface area contributed by atoms with E-state index in [1.807, 2.05) is 20.0 Å². The van der Waals surface area contributed by atoms with Crippen molar-refractivity contribution in [3.05, 3.63) is 47.2 Å². The Morgan fingerprint density at radius 3 is 2.50 bits per heavy atom. The summed E-state index contributed by atoms with van der Waals surface area (Å²) in [5.41, 5.74) is 3.64. The van der Waals surface area contributed by atoms with Gasteiger partial charge < -0.3 is 10.2 Å². The molecule has 4 nitrogen and oxygen atoms in total. The molecule has 0 bridgehead atoms. The average molecular weight is 270 g/mol. The number of hydrogen-bond acceptors (Lipinski definition) is 4. The van der Waals surface area contributed by atoms with E-state index in [9.17, 15) is 0 Å². The topological polar surface area (TPSA) is 41.1 Å². The van der Waals surface area contributed by atoms with Crippen LogP contribution in [0.5, 0.6) is 0 Å². The van der Waals surface area contributed by atoms with Crippen LogP contribution in [0.25, 0.3) is 0 Å². The predicted molar refractivity (Wildman–Crippen MR) is 84.2 cm³/mol. The van der Waals surface area contributed by atoms with Crippen LogP contribution in [0.15, 0.2) is 30.5 Å². The van der Waals surface area contributed by atoms with Crippen LogP contribution < -0.4 is 10.2 Å². The van der Waals surface area contributed by atoms with Gasteiger partial charge in [-0.3, -0.25) is 0 Å². The number of anilines is 2. The molecule has 0 amide bonds. The minimum Gasteiger partial charge on any atom is -0.355 e. The standard InChI is InChI=1S/C16H22N4/c1-5-17-16-18-10-13(3)15(19-16)20(4)11-14-8-6-12(2)7-9-14/h6-10H,5,11H2,1-4H3,(H,17,18,19). The third kappa shape index (κ3) is 3.47. The monoisotopic (exact) mass is 270 g/mol. The second-order valence-electron chi connectivity index (χ2n) is 5.07. The van der Waals surface area contributed by atoms with Crippen molar-refractivity contribution in [3.8, 4) is 0 Å². The van der Waals surface area contributed by atoms with Crippen molar-refractivity contribution >= 4 is 11.8 Å². The van der Waals surface area contributed by atoms with E-state index >= 15 is 0 Å². The minimum atomic E-state index is 0.684. The van der Waals surface area contributed by atoms with Gasteiger partial charge in [-0.25, -0.2) is 4.98 Å². The smallest absolute Gasteiger partial charge is 0.224 e. The fourth-order valence-electron chi connectivity index (χ4n) is 2.10. The third-order valence-electron chi connectivity index (χ3n) is 3.18. The second kappa shape index (κ2) is 6.37. The van der Waals surface area contributed by atoms with Crippen molar-refractivity contribution in [1.82, 2.24) is 9.97 Å². The first-order valence-corrected chi connectivity index (χ1v) is 6.94. The minimum absolute atomic E-state index is 0.684. The van der Waals surface area contributed by atoms with Gasteiger partial charge in [-0.15, -0.1) is 0 Å². The van der Waals surface area contributed by atoms with Crippen molar-refractivity contribution in [3.63, 3.8) is 0 Å². The van der Waals surface area contributed by atoms with Crippen LogP contribution in [0.1, 0.15) is 23.6 Å². The van der Waals surface area contributed by atoms with E-state index in [1.54, 1.807) is 0 Å². The van der Waals surface area contributed by atoms with Crippen LogP contribution in [0, 0.1) is 13.8 Å². The van der Waals surface area contributed by atoms with E-state index in [0.29, 0.717) is 5.95 Å². The average Bonchev–Trinajstić information content (AvgIpc) is 2.43. The lowest BCUT2D eigenvalue weighted by molar-refractivity contribution is 0.881. The molecular formula is C16H22N4. The van der Waals surface area contributed by atoms with Gasteiger partial charge in [0.25, 0.3) is 0 Å². The summed E-state index contributed by atoms with van der Waals surface area (Å²) in [6.07, 6.45) is 1.87. The van der Waals surface area contributed by atoms with E-state index in [1.165, 1.54) is 11.1 Å². The zero-order valence-corrected chi connectivity index (χ0v) is 12.6. The van der Waals surface area contributed by atoms with Gasteiger partial charge in [0.2, 0.25) is 5.95 Å². The van der Waals surface area contributed by atoms with Crippen LogP contribution in [-0.4, -0.2) is 23.6 Å². The van der Waals surface area contributed by atoms with Gasteiger partial charge >= 0.3 is 0 Å². The van der Waals surface area contributed by atoms with E-state index in [0.717, 1.165) is 24.5 Å². The summed E-state index contributed by atoms with van der Waals surface area (Å²) in [4.78, 5) is 11.0.